The lowest BCUT2D eigenvalue weighted by Gasteiger charge is -2.32. The van der Waals surface area contributed by atoms with E-state index in [1.165, 1.54) is 12.2 Å². The maximum Gasteiger partial charge on any atom is 0.317 e. The Kier molecular flexibility index (Phi) is 33.1. The molecule has 66 heavy (non-hydrogen) atoms. The molecule has 2 heterocycles. The van der Waals surface area contributed by atoms with E-state index in [4.69, 9.17) is 37.9 Å². The van der Waals surface area contributed by atoms with Crippen LogP contribution in [0, 0.1) is 0 Å². The minimum absolute atomic E-state index is 0.0231. The number of rotatable bonds is 38. The van der Waals surface area contributed by atoms with Crippen LogP contribution in [0.25, 0.3) is 0 Å². The van der Waals surface area contributed by atoms with E-state index >= 15 is 0 Å². The van der Waals surface area contributed by atoms with Crippen LogP contribution in [0.2, 0.25) is 0 Å². The summed E-state index contributed by atoms with van der Waals surface area (Å²) in [5.74, 6) is -4.42. The summed E-state index contributed by atoms with van der Waals surface area (Å²) >= 11 is 0. The number of nitrogens with zero attached hydrogens (tertiary/aromatic N) is 5. The number of amides is 4. The molecular formula is C41H71N7O18. The molecule has 0 aliphatic carbocycles. The van der Waals surface area contributed by atoms with Crippen LogP contribution in [0.1, 0.15) is 6.42 Å². The van der Waals surface area contributed by atoms with Gasteiger partial charge >= 0.3 is 17.9 Å². The van der Waals surface area contributed by atoms with E-state index in [2.05, 4.69) is 10.6 Å². The van der Waals surface area contributed by atoms with Gasteiger partial charge in [-0.2, -0.15) is 0 Å². The van der Waals surface area contributed by atoms with Crippen molar-refractivity contribution in [3.63, 3.8) is 0 Å². The summed E-state index contributed by atoms with van der Waals surface area (Å²) in [6, 6.07) is 0. The Hall–Kier alpha value is -4.25. The molecule has 2 aliphatic heterocycles. The normalized spacial score (nSPS) is 16.0. The zero-order valence-electron chi connectivity index (χ0n) is 38.0. The second-order valence-electron chi connectivity index (χ2n) is 14.8. The minimum Gasteiger partial charge on any atom is -0.480 e. The van der Waals surface area contributed by atoms with Crippen LogP contribution in [0.5, 0.6) is 0 Å². The number of carbonyl (C=O) groups excluding carboxylic acids is 4. The Balaban J connectivity index is 1.36. The van der Waals surface area contributed by atoms with E-state index in [1.807, 2.05) is 4.90 Å². The fraction of sp³-hybridized carbons (Fsp3) is 0.780. The van der Waals surface area contributed by atoms with Crippen molar-refractivity contribution in [2.75, 3.05) is 204 Å². The van der Waals surface area contributed by atoms with Gasteiger partial charge in [-0.1, -0.05) is 0 Å². The van der Waals surface area contributed by atoms with Gasteiger partial charge in [-0.15, -0.1) is 0 Å². The predicted molar refractivity (Wildman–Crippen MR) is 232 cm³/mol. The quantitative estimate of drug-likeness (QED) is 0.0292. The van der Waals surface area contributed by atoms with Gasteiger partial charge in [0.1, 0.15) is 0 Å². The maximum atomic E-state index is 12.8. The van der Waals surface area contributed by atoms with Gasteiger partial charge in [0, 0.05) is 90.6 Å². The zero-order chi connectivity index (χ0) is 48.0. The first-order chi connectivity index (χ1) is 31.9. The number of carbonyl (C=O) groups is 7. The van der Waals surface area contributed by atoms with Crippen LogP contribution in [-0.4, -0.2) is 285 Å². The molecule has 378 valence electrons. The summed E-state index contributed by atoms with van der Waals surface area (Å²) in [6.07, 6.45) is 2.40. The van der Waals surface area contributed by atoms with E-state index in [1.54, 1.807) is 14.7 Å². The number of ether oxygens (including phenoxy) is 8. The molecule has 0 bridgehead atoms. The molecule has 0 saturated carbocycles. The first kappa shape index (κ1) is 57.9. The minimum atomic E-state index is -1.03. The lowest BCUT2D eigenvalue weighted by Crippen LogP contribution is -2.50. The monoisotopic (exact) mass is 949 g/mol. The Morgan fingerprint density at radius 3 is 0.955 bits per heavy atom. The average Bonchev–Trinajstić information content (AvgIpc) is 3.59. The van der Waals surface area contributed by atoms with Crippen molar-refractivity contribution in [2.45, 2.75) is 6.42 Å². The largest absolute Gasteiger partial charge is 0.480 e. The highest BCUT2D eigenvalue weighted by molar-refractivity contribution is 6.13. The van der Waals surface area contributed by atoms with Gasteiger partial charge in [0.15, 0.2) is 0 Å². The van der Waals surface area contributed by atoms with E-state index in [-0.39, 0.29) is 64.1 Å². The molecule has 25 heteroatoms. The SMILES string of the molecule is O=C(O)CN1CCN(CC(=O)O)CCN(CC(=O)NCCOCCOCCOCCOCCOCCOCCOCCOCCNC(=O)CCN2C(=O)C=CC2=O)CCN(CC(=O)O)CC1. The van der Waals surface area contributed by atoms with Gasteiger partial charge in [-0.25, -0.2) is 0 Å². The lowest BCUT2D eigenvalue weighted by atomic mass is 10.3. The number of hydrogen-bond acceptors (Lipinski definition) is 19. The summed E-state index contributed by atoms with van der Waals surface area (Å²) in [5.41, 5.74) is 0. The highest BCUT2D eigenvalue weighted by Gasteiger charge is 2.24. The van der Waals surface area contributed by atoms with Gasteiger partial charge in [0.25, 0.3) is 11.8 Å². The van der Waals surface area contributed by atoms with Crippen molar-refractivity contribution in [3.05, 3.63) is 12.2 Å². The van der Waals surface area contributed by atoms with E-state index in [0.29, 0.717) is 158 Å². The molecule has 25 nitrogen and oxygen atoms in total. The Morgan fingerprint density at radius 2 is 0.667 bits per heavy atom. The van der Waals surface area contributed by atoms with Crippen LogP contribution in [-0.2, 0) is 71.5 Å². The topological polar surface area (TPSA) is 294 Å². The molecule has 1 saturated heterocycles. The first-order valence-corrected chi connectivity index (χ1v) is 22.2. The molecule has 1 fully saturated rings. The standard InChI is InChI=1S/C41H71N7O18/c49-35(3-6-48-37(51)1-2-38(48)52)42-4-15-59-17-19-61-21-23-63-25-27-65-29-30-66-28-26-64-24-22-62-20-18-60-16-5-43-36(50)31-44-7-9-45(32-39(53)54)11-13-47(34-41(57)58)14-12-46(10-8-44)33-40(55)56/h1-2H,3-34H2,(H,42,49)(H,43,50)(H,53,54)(H,55,56)(H,57,58). The number of imide groups is 1. The molecule has 0 spiro atoms. The highest BCUT2D eigenvalue weighted by atomic mass is 16.6. The Labute approximate surface area is 385 Å². The molecule has 5 N–H and O–H groups in total. The number of aliphatic carboxylic acids is 3. The van der Waals surface area contributed by atoms with E-state index in [9.17, 15) is 48.9 Å². The molecule has 2 aliphatic rings. The fourth-order valence-corrected chi connectivity index (χ4v) is 6.16. The third-order valence-corrected chi connectivity index (χ3v) is 9.58. The predicted octanol–water partition coefficient (Wildman–Crippen LogP) is -3.86. The smallest absolute Gasteiger partial charge is 0.317 e. The molecule has 4 amide bonds. The van der Waals surface area contributed by atoms with Crippen molar-refractivity contribution < 1.29 is 86.8 Å². The Bertz CT molecular complexity index is 1400. The molecule has 0 unspecified atom stereocenters. The van der Waals surface area contributed by atoms with Crippen molar-refractivity contribution >= 4 is 41.5 Å². The number of carboxylic acid groups (broad SMARTS) is 3. The van der Waals surface area contributed by atoms with Gasteiger partial charge in [0.05, 0.1) is 132 Å². The average molecular weight is 950 g/mol. The van der Waals surface area contributed by atoms with Gasteiger partial charge in [-0.3, -0.25) is 58.1 Å². The molecule has 0 aromatic rings. The number of nitrogens with one attached hydrogen (secondary N) is 2. The number of hydrogen-bond donors (Lipinski definition) is 5. The summed E-state index contributed by atoms with van der Waals surface area (Å²) in [4.78, 5) is 89.8. The second kappa shape index (κ2) is 37.8. The zero-order valence-corrected chi connectivity index (χ0v) is 38.0. The molecule has 0 aromatic carbocycles. The summed E-state index contributed by atoms with van der Waals surface area (Å²) < 4.78 is 43.8. The number of carboxylic acids is 3. The van der Waals surface area contributed by atoms with E-state index in [0.717, 1.165) is 4.90 Å². The van der Waals surface area contributed by atoms with Crippen molar-refractivity contribution in [1.29, 1.82) is 0 Å². The molecule has 2 rings (SSSR count). The summed E-state index contributed by atoms with van der Waals surface area (Å²) in [7, 11) is 0. The van der Waals surface area contributed by atoms with Crippen LogP contribution in [0.3, 0.4) is 0 Å². The maximum absolute atomic E-state index is 12.8. The van der Waals surface area contributed by atoms with Crippen molar-refractivity contribution in [1.82, 2.24) is 35.1 Å². The third kappa shape index (κ3) is 31.6. The highest BCUT2D eigenvalue weighted by Crippen LogP contribution is 2.04. The lowest BCUT2D eigenvalue weighted by molar-refractivity contribution is -0.140. The van der Waals surface area contributed by atoms with Crippen molar-refractivity contribution in [3.8, 4) is 0 Å². The fourth-order valence-electron chi connectivity index (χ4n) is 6.16. The van der Waals surface area contributed by atoms with E-state index < -0.39 is 29.7 Å². The van der Waals surface area contributed by atoms with Gasteiger partial charge in [0.2, 0.25) is 11.8 Å². The summed E-state index contributed by atoms with van der Waals surface area (Å²) in [5, 5.41) is 33.6. The second-order valence-corrected chi connectivity index (χ2v) is 14.8. The molecule has 0 atom stereocenters. The van der Waals surface area contributed by atoms with Crippen molar-refractivity contribution in [2.24, 2.45) is 0 Å². The first-order valence-electron chi connectivity index (χ1n) is 22.2. The Morgan fingerprint density at radius 1 is 0.409 bits per heavy atom. The molecular weight excluding hydrogens is 878 g/mol. The van der Waals surface area contributed by atoms with Gasteiger partial charge in [-0.05, 0) is 0 Å². The molecule has 0 radical (unpaired) electrons. The third-order valence-electron chi connectivity index (χ3n) is 9.58. The molecule has 0 aromatic heterocycles. The summed E-state index contributed by atoms with van der Waals surface area (Å²) in [6.45, 7) is 8.49. The van der Waals surface area contributed by atoms with Crippen LogP contribution >= 0.6 is 0 Å². The van der Waals surface area contributed by atoms with Crippen LogP contribution in [0.4, 0.5) is 0 Å². The van der Waals surface area contributed by atoms with Gasteiger partial charge < -0.3 is 63.8 Å². The van der Waals surface area contributed by atoms with Crippen LogP contribution in [0.15, 0.2) is 12.2 Å². The van der Waals surface area contributed by atoms with Crippen LogP contribution < -0.4 is 10.6 Å².